The van der Waals surface area contributed by atoms with Gasteiger partial charge in [0.05, 0.1) is 11.6 Å². The Labute approximate surface area is 175 Å². The fraction of sp³-hybridized carbons (Fsp3) is 0.273. The van der Waals surface area contributed by atoms with Gasteiger partial charge in [-0.1, -0.05) is 38.1 Å². The third-order valence-corrected chi connectivity index (χ3v) is 4.16. The number of carbonyl (C=O) groups is 3. The van der Waals surface area contributed by atoms with Crippen LogP contribution in [0.4, 0.5) is 16.2 Å². The van der Waals surface area contributed by atoms with Gasteiger partial charge in [-0.2, -0.15) is 5.26 Å². The highest BCUT2D eigenvalue weighted by molar-refractivity contribution is 5.96. The molecule has 0 bridgehead atoms. The smallest absolute Gasteiger partial charge is 0.329 e. The summed E-state index contributed by atoms with van der Waals surface area (Å²) in [6, 6.07) is 15.7. The first-order valence-corrected chi connectivity index (χ1v) is 9.44. The standard InChI is InChI=1S/C22H24N4O4/c1-14(2)19(26-22(29)25-17-9-5-4-6-10-17)21(28)30-15(3)20(27)24-18-11-7-8-16(12-18)13-23/h4-12,14-15,19H,1-3H3,(H,24,27)(H2,25,26,29)/t15-,19-/m1/s1. The molecule has 0 radical (unpaired) electrons. The van der Waals surface area contributed by atoms with Gasteiger partial charge in [0.25, 0.3) is 5.91 Å². The number of rotatable bonds is 7. The lowest BCUT2D eigenvalue weighted by atomic mass is 10.0. The maximum absolute atomic E-state index is 12.6. The molecular formula is C22H24N4O4. The molecule has 0 saturated heterocycles. The first-order chi connectivity index (χ1) is 14.3. The van der Waals surface area contributed by atoms with Crippen LogP contribution in [-0.2, 0) is 14.3 Å². The molecule has 0 aliphatic carbocycles. The molecule has 2 aromatic carbocycles. The maximum Gasteiger partial charge on any atom is 0.329 e. The van der Waals surface area contributed by atoms with E-state index >= 15 is 0 Å². The minimum Gasteiger partial charge on any atom is -0.451 e. The largest absolute Gasteiger partial charge is 0.451 e. The molecule has 0 saturated carbocycles. The average molecular weight is 408 g/mol. The van der Waals surface area contributed by atoms with Gasteiger partial charge >= 0.3 is 12.0 Å². The van der Waals surface area contributed by atoms with E-state index < -0.39 is 30.1 Å². The van der Waals surface area contributed by atoms with Crippen molar-refractivity contribution in [2.24, 2.45) is 5.92 Å². The Hall–Kier alpha value is -3.86. The van der Waals surface area contributed by atoms with Gasteiger partial charge < -0.3 is 20.7 Å². The van der Waals surface area contributed by atoms with E-state index in [1.165, 1.54) is 13.0 Å². The molecule has 0 unspecified atom stereocenters. The number of benzene rings is 2. The van der Waals surface area contributed by atoms with Crippen molar-refractivity contribution in [1.82, 2.24) is 5.32 Å². The van der Waals surface area contributed by atoms with Gasteiger partial charge in [-0.05, 0) is 43.2 Å². The normalized spacial score (nSPS) is 12.2. The molecule has 30 heavy (non-hydrogen) atoms. The van der Waals surface area contributed by atoms with Gasteiger partial charge in [0.15, 0.2) is 6.10 Å². The van der Waals surface area contributed by atoms with Gasteiger partial charge in [0, 0.05) is 11.4 Å². The van der Waals surface area contributed by atoms with Gasteiger partial charge in [0.2, 0.25) is 0 Å². The number of anilines is 2. The van der Waals surface area contributed by atoms with Crippen LogP contribution in [0.3, 0.4) is 0 Å². The first kappa shape index (κ1) is 22.4. The Morgan fingerprint density at radius 3 is 2.23 bits per heavy atom. The summed E-state index contributed by atoms with van der Waals surface area (Å²) in [7, 11) is 0. The van der Waals surface area contributed by atoms with Crippen molar-refractivity contribution < 1.29 is 19.1 Å². The molecule has 2 atom stereocenters. The van der Waals surface area contributed by atoms with Crippen molar-refractivity contribution in [2.45, 2.75) is 32.9 Å². The summed E-state index contributed by atoms with van der Waals surface area (Å²) < 4.78 is 5.26. The lowest BCUT2D eigenvalue weighted by molar-refractivity contribution is -0.156. The van der Waals surface area contributed by atoms with Crippen molar-refractivity contribution in [3.05, 3.63) is 60.2 Å². The zero-order valence-corrected chi connectivity index (χ0v) is 17.0. The van der Waals surface area contributed by atoms with Crippen LogP contribution in [0.5, 0.6) is 0 Å². The van der Waals surface area contributed by atoms with E-state index in [2.05, 4.69) is 16.0 Å². The first-order valence-electron chi connectivity index (χ1n) is 9.44. The number of esters is 1. The number of amides is 3. The summed E-state index contributed by atoms with van der Waals surface area (Å²) in [6.45, 7) is 4.95. The van der Waals surface area contributed by atoms with Crippen molar-refractivity contribution in [2.75, 3.05) is 10.6 Å². The quantitative estimate of drug-likeness (QED) is 0.607. The fourth-order valence-electron chi connectivity index (χ4n) is 2.54. The summed E-state index contributed by atoms with van der Waals surface area (Å²) in [4.78, 5) is 37.1. The number of nitrogens with one attached hydrogen (secondary N) is 3. The molecule has 0 aliphatic rings. The SMILES string of the molecule is CC(C)[C@@H](NC(=O)Nc1ccccc1)C(=O)O[C@H](C)C(=O)Nc1cccc(C#N)c1. The lowest BCUT2D eigenvalue weighted by Gasteiger charge is -2.23. The second-order valence-corrected chi connectivity index (χ2v) is 6.95. The number of carbonyl (C=O) groups excluding carboxylic acids is 3. The Morgan fingerprint density at radius 1 is 0.933 bits per heavy atom. The van der Waals surface area contributed by atoms with Crippen LogP contribution < -0.4 is 16.0 Å². The molecule has 0 fully saturated rings. The minimum atomic E-state index is -1.09. The Bertz CT molecular complexity index is 938. The predicted octanol–water partition coefficient (Wildman–Crippen LogP) is 3.27. The number of urea groups is 1. The van der Waals surface area contributed by atoms with Crippen molar-refractivity contribution in [3.8, 4) is 6.07 Å². The number of para-hydroxylation sites is 1. The molecule has 0 aliphatic heterocycles. The second kappa shape index (κ2) is 10.6. The van der Waals surface area contributed by atoms with E-state index in [0.717, 1.165) is 0 Å². The molecule has 3 N–H and O–H groups in total. The third-order valence-electron chi connectivity index (χ3n) is 4.16. The van der Waals surface area contributed by atoms with E-state index in [4.69, 9.17) is 10.00 Å². The van der Waals surface area contributed by atoms with Gasteiger partial charge in [-0.15, -0.1) is 0 Å². The van der Waals surface area contributed by atoms with E-state index in [9.17, 15) is 14.4 Å². The Morgan fingerprint density at radius 2 is 1.60 bits per heavy atom. The van der Waals surface area contributed by atoms with E-state index in [1.54, 1.807) is 56.3 Å². The number of nitriles is 1. The molecule has 0 heterocycles. The molecule has 2 rings (SSSR count). The molecule has 3 amide bonds. The van der Waals surface area contributed by atoms with E-state index in [1.807, 2.05) is 12.1 Å². The number of hydrogen-bond acceptors (Lipinski definition) is 5. The zero-order chi connectivity index (χ0) is 22.1. The van der Waals surface area contributed by atoms with Gasteiger partial charge in [-0.3, -0.25) is 4.79 Å². The lowest BCUT2D eigenvalue weighted by Crippen LogP contribution is -2.48. The molecule has 8 nitrogen and oxygen atoms in total. The van der Waals surface area contributed by atoms with Crippen LogP contribution in [-0.4, -0.2) is 30.1 Å². The zero-order valence-electron chi connectivity index (χ0n) is 17.0. The minimum absolute atomic E-state index is 0.262. The van der Waals surface area contributed by atoms with Gasteiger partial charge in [0.1, 0.15) is 6.04 Å². The summed E-state index contributed by atoms with van der Waals surface area (Å²) in [6.07, 6.45) is -1.09. The molecule has 0 spiro atoms. The molecule has 8 heteroatoms. The predicted molar refractivity (Wildman–Crippen MR) is 113 cm³/mol. The third kappa shape index (κ3) is 6.63. The molecular weight excluding hydrogens is 384 g/mol. The summed E-state index contributed by atoms with van der Waals surface area (Å²) in [5, 5.41) is 16.7. The molecule has 0 aromatic heterocycles. The van der Waals surface area contributed by atoms with E-state index in [0.29, 0.717) is 16.9 Å². The number of ether oxygens (including phenoxy) is 1. The summed E-state index contributed by atoms with van der Waals surface area (Å²) in [5.74, 6) is -1.53. The van der Waals surface area contributed by atoms with Crippen LogP contribution >= 0.6 is 0 Å². The van der Waals surface area contributed by atoms with Crippen LogP contribution in [0.25, 0.3) is 0 Å². The second-order valence-electron chi connectivity index (χ2n) is 6.95. The average Bonchev–Trinajstić information content (AvgIpc) is 2.72. The molecule has 156 valence electrons. The van der Waals surface area contributed by atoms with Crippen LogP contribution in [0.1, 0.15) is 26.3 Å². The van der Waals surface area contributed by atoms with Crippen molar-refractivity contribution in [1.29, 1.82) is 5.26 Å². The monoisotopic (exact) mass is 408 g/mol. The van der Waals surface area contributed by atoms with Crippen molar-refractivity contribution >= 4 is 29.3 Å². The van der Waals surface area contributed by atoms with Crippen molar-refractivity contribution in [3.63, 3.8) is 0 Å². The van der Waals surface area contributed by atoms with Crippen LogP contribution in [0.15, 0.2) is 54.6 Å². The van der Waals surface area contributed by atoms with Crippen LogP contribution in [0.2, 0.25) is 0 Å². The maximum atomic E-state index is 12.6. The fourth-order valence-corrected chi connectivity index (χ4v) is 2.54. The summed E-state index contributed by atoms with van der Waals surface area (Å²) in [5.41, 5.74) is 1.40. The highest BCUT2D eigenvalue weighted by Gasteiger charge is 2.29. The Kier molecular flexibility index (Phi) is 7.94. The summed E-state index contributed by atoms with van der Waals surface area (Å²) >= 11 is 0. The number of nitrogens with zero attached hydrogens (tertiary/aromatic N) is 1. The molecule has 2 aromatic rings. The van der Waals surface area contributed by atoms with Gasteiger partial charge in [-0.25, -0.2) is 9.59 Å². The topological polar surface area (TPSA) is 120 Å². The highest BCUT2D eigenvalue weighted by atomic mass is 16.5. The van der Waals surface area contributed by atoms with E-state index in [-0.39, 0.29) is 5.92 Å². The highest BCUT2D eigenvalue weighted by Crippen LogP contribution is 2.12. The van der Waals surface area contributed by atoms with Crippen LogP contribution in [0, 0.1) is 17.2 Å². The Balaban J connectivity index is 1.95. The number of hydrogen-bond donors (Lipinski definition) is 3.